The molecule has 2 amide bonds. The van der Waals surface area contributed by atoms with E-state index in [1.54, 1.807) is 24.3 Å². The van der Waals surface area contributed by atoms with Gasteiger partial charge in [0.15, 0.2) is 0 Å². The van der Waals surface area contributed by atoms with E-state index in [0.717, 1.165) is 0 Å². The van der Waals surface area contributed by atoms with E-state index in [4.69, 9.17) is 14.4 Å². The molecular weight excluding hydrogens is 235 g/mol. The van der Waals surface area contributed by atoms with Crippen LogP contribution in [0.1, 0.15) is 0 Å². The number of para-hydroxylation sites is 2. The predicted octanol–water partition coefficient (Wildman–Crippen LogP) is -1.65. The van der Waals surface area contributed by atoms with Crippen molar-refractivity contribution in [1.82, 2.24) is 0 Å². The third-order valence-electron chi connectivity index (χ3n) is 1.51. The molecular formula is C8H7N2O5P. The molecule has 0 aliphatic carbocycles. The quantitative estimate of drug-likeness (QED) is 0.417. The van der Waals surface area contributed by atoms with Crippen molar-refractivity contribution < 1.29 is 23.9 Å². The molecule has 1 aromatic rings. The third-order valence-corrected chi connectivity index (χ3v) is 1.51. The van der Waals surface area contributed by atoms with Crippen LogP contribution in [0.2, 0.25) is 0 Å². The summed E-state index contributed by atoms with van der Waals surface area (Å²) in [5.74, 6) is -1.59. The first-order valence-electron chi connectivity index (χ1n) is 4.03. The SMILES string of the molecule is O=C1N=c2ccccc2=NC1=O.O=[PH](O)O. The van der Waals surface area contributed by atoms with Crippen molar-refractivity contribution in [2.75, 3.05) is 0 Å². The zero-order valence-corrected chi connectivity index (χ0v) is 8.82. The molecule has 1 heterocycles. The van der Waals surface area contributed by atoms with E-state index in [1.807, 2.05) is 0 Å². The van der Waals surface area contributed by atoms with Crippen molar-refractivity contribution in [3.8, 4) is 0 Å². The highest BCUT2D eigenvalue weighted by molar-refractivity contribution is 7.30. The lowest BCUT2D eigenvalue weighted by Crippen LogP contribution is -2.33. The number of carbonyl (C=O) groups excluding carboxylic acids is 2. The van der Waals surface area contributed by atoms with Crippen molar-refractivity contribution in [2.45, 2.75) is 0 Å². The minimum atomic E-state index is -3.13. The van der Waals surface area contributed by atoms with Crippen LogP contribution in [0.15, 0.2) is 34.3 Å². The smallest absolute Gasteiger partial charge is 0.326 e. The van der Waals surface area contributed by atoms with E-state index in [1.165, 1.54) is 0 Å². The molecule has 84 valence electrons. The Bertz CT molecular complexity index is 519. The fourth-order valence-electron chi connectivity index (χ4n) is 0.968. The van der Waals surface area contributed by atoms with Crippen molar-refractivity contribution >= 4 is 20.1 Å². The molecule has 16 heavy (non-hydrogen) atoms. The van der Waals surface area contributed by atoms with E-state index >= 15 is 0 Å². The van der Waals surface area contributed by atoms with Crippen LogP contribution >= 0.6 is 8.25 Å². The maximum absolute atomic E-state index is 10.7. The van der Waals surface area contributed by atoms with Gasteiger partial charge in [0, 0.05) is 0 Å². The molecule has 0 bridgehead atoms. The third kappa shape index (κ3) is 3.47. The maximum Gasteiger partial charge on any atom is 0.338 e. The van der Waals surface area contributed by atoms with E-state index in [-0.39, 0.29) is 0 Å². The second-order valence-electron chi connectivity index (χ2n) is 2.61. The Morgan fingerprint density at radius 3 is 1.56 bits per heavy atom. The van der Waals surface area contributed by atoms with Gasteiger partial charge in [-0.15, -0.1) is 0 Å². The van der Waals surface area contributed by atoms with Crippen molar-refractivity contribution in [3.63, 3.8) is 0 Å². The summed E-state index contributed by atoms with van der Waals surface area (Å²) >= 11 is 0. The molecule has 0 fully saturated rings. The highest BCUT2D eigenvalue weighted by atomic mass is 31.1. The van der Waals surface area contributed by atoms with Crippen LogP contribution in [-0.2, 0) is 14.2 Å². The molecule has 2 rings (SSSR count). The first-order chi connectivity index (χ1) is 7.50. The molecule has 8 heteroatoms. The number of carbonyl (C=O) groups is 2. The maximum atomic E-state index is 10.7. The number of nitrogens with zero attached hydrogens (tertiary/aromatic N) is 2. The van der Waals surface area contributed by atoms with Crippen molar-refractivity contribution in [2.24, 2.45) is 9.98 Å². The van der Waals surface area contributed by atoms with Gasteiger partial charge in [0.1, 0.15) is 0 Å². The zero-order valence-electron chi connectivity index (χ0n) is 7.82. The van der Waals surface area contributed by atoms with Gasteiger partial charge in [-0.1, -0.05) is 12.1 Å². The lowest BCUT2D eigenvalue weighted by atomic mass is 10.3. The minimum absolute atomic E-state index is 0.460. The normalized spacial score (nSPS) is 13.2. The van der Waals surface area contributed by atoms with E-state index in [2.05, 4.69) is 9.98 Å². The van der Waals surface area contributed by atoms with Gasteiger partial charge in [0.25, 0.3) is 0 Å². The Hall–Kier alpha value is -1.69. The Labute approximate surface area is 89.7 Å². The summed E-state index contributed by atoms with van der Waals surface area (Å²) in [5.41, 5.74) is 0. The summed E-state index contributed by atoms with van der Waals surface area (Å²) in [6.07, 6.45) is 0. The van der Waals surface area contributed by atoms with Gasteiger partial charge >= 0.3 is 20.1 Å². The highest BCUT2D eigenvalue weighted by Gasteiger charge is 2.13. The number of rotatable bonds is 0. The van der Waals surface area contributed by atoms with Crippen LogP contribution in [0.3, 0.4) is 0 Å². The summed E-state index contributed by atoms with van der Waals surface area (Å²) in [6, 6.07) is 6.76. The summed E-state index contributed by atoms with van der Waals surface area (Å²) < 4.78 is 8.74. The van der Waals surface area contributed by atoms with Gasteiger partial charge < -0.3 is 9.79 Å². The van der Waals surface area contributed by atoms with Crippen LogP contribution in [0.4, 0.5) is 0 Å². The monoisotopic (exact) mass is 242 g/mol. The number of hydrogen-bond acceptors (Lipinski definition) is 3. The van der Waals surface area contributed by atoms with Crippen molar-refractivity contribution in [3.05, 3.63) is 35.0 Å². The first kappa shape index (κ1) is 12.4. The van der Waals surface area contributed by atoms with E-state index < -0.39 is 20.1 Å². The van der Waals surface area contributed by atoms with E-state index in [9.17, 15) is 9.59 Å². The average molecular weight is 242 g/mol. The summed E-state index contributed by atoms with van der Waals surface area (Å²) in [6.45, 7) is 0. The molecule has 1 aromatic carbocycles. The van der Waals surface area contributed by atoms with Crippen LogP contribution in [0, 0.1) is 0 Å². The van der Waals surface area contributed by atoms with Crippen LogP contribution in [-0.4, -0.2) is 21.6 Å². The molecule has 1 aliphatic heterocycles. The van der Waals surface area contributed by atoms with Gasteiger partial charge in [-0.3, -0.25) is 14.2 Å². The fourth-order valence-corrected chi connectivity index (χ4v) is 0.968. The number of benzene rings is 1. The van der Waals surface area contributed by atoms with Crippen LogP contribution in [0.5, 0.6) is 0 Å². The molecule has 1 aliphatic rings. The molecule has 7 nitrogen and oxygen atoms in total. The van der Waals surface area contributed by atoms with Crippen LogP contribution in [0.25, 0.3) is 0 Å². The Morgan fingerprint density at radius 1 is 0.938 bits per heavy atom. The minimum Gasteiger partial charge on any atom is -0.326 e. The first-order valence-corrected chi connectivity index (χ1v) is 5.33. The van der Waals surface area contributed by atoms with Gasteiger partial charge in [0.05, 0.1) is 10.7 Å². The highest BCUT2D eigenvalue weighted by Crippen LogP contribution is 1.98. The number of fused-ring (bicyclic) bond motifs is 1. The Morgan fingerprint density at radius 2 is 1.25 bits per heavy atom. The fraction of sp³-hybridized carbons (Fsp3) is 0. The Kier molecular flexibility index (Phi) is 4.19. The number of hydrogen-bond donors (Lipinski definition) is 2. The van der Waals surface area contributed by atoms with Gasteiger partial charge in [-0.2, -0.15) is 0 Å². The zero-order chi connectivity index (χ0) is 12.1. The predicted molar refractivity (Wildman–Crippen MR) is 52.2 cm³/mol. The molecule has 0 spiro atoms. The largest absolute Gasteiger partial charge is 0.338 e. The Balaban J connectivity index is 0.000000280. The van der Waals surface area contributed by atoms with Crippen molar-refractivity contribution in [1.29, 1.82) is 0 Å². The molecule has 0 atom stereocenters. The molecule has 0 radical (unpaired) electrons. The topological polar surface area (TPSA) is 116 Å². The van der Waals surface area contributed by atoms with Crippen LogP contribution < -0.4 is 10.7 Å². The molecule has 0 saturated carbocycles. The van der Waals surface area contributed by atoms with Gasteiger partial charge in [-0.25, -0.2) is 9.98 Å². The number of amides is 2. The second kappa shape index (κ2) is 5.41. The standard InChI is InChI=1S/C8H4N2O2.H3O3P/c11-7-8(12)10-6-4-2-1-3-5(6)9-7;1-4(2)3/h1-4H;4H,(H2,1,2,3). The lowest BCUT2D eigenvalue weighted by Gasteiger charge is -1.94. The summed E-state index contributed by atoms with van der Waals surface area (Å²) in [5, 5.41) is 0.921. The average Bonchev–Trinajstić information content (AvgIpc) is 2.19. The molecule has 0 saturated heterocycles. The summed E-state index contributed by atoms with van der Waals surface area (Å²) in [7, 11) is -3.13. The molecule has 2 N–H and O–H groups in total. The van der Waals surface area contributed by atoms with E-state index in [0.29, 0.717) is 10.7 Å². The molecule has 0 unspecified atom stereocenters. The van der Waals surface area contributed by atoms with Gasteiger partial charge in [-0.05, 0) is 12.1 Å². The lowest BCUT2D eigenvalue weighted by molar-refractivity contribution is -0.135. The molecule has 0 aromatic heterocycles. The second-order valence-corrected chi connectivity index (χ2v) is 3.17. The van der Waals surface area contributed by atoms with Gasteiger partial charge in [0.2, 0.25) is 0 Å². The summed E-state index contributed by atoms with van der Waals surface area (Å²) in [4.78, 5) is 42.9.